The van der Waals surface area contributed by atoms with Crippen LogP contribution in [0.25, 0.3) is 0 Å². The summed E-state index contributed by atoms with van der Waals surface area (Å²) in [6.45, 7) is 2.58. The third kappa shape index (κ3) is 2.79. The van der Waals surface area contributed by atoms with Gasteiger partial charge in [-0.1, -0.05) is 6.07 Å². The monoisotopic (exact) mass is 224 g/mol. The molecule has 0 amide bonds. The van der Waals surface area contributed by atoms with E-state index in [1.54, 1.807) is 18.5 Å². The molecule has 2 aromatic heterocycles. The van der Waals surface area contributed by atoms with Gasteiger partial charge < -0.3 is 5.32 Å². The van der Waals surface area contributed by atoms with Gasteiger partial charge in [-0.15, -0.1) is 0 Å². The molecule has 0 aromatic carbocycles. The molecule has 4 heteroatoms. The minimum Gasteiger partial charge on any atom is -0.379 e. The summed E-state index contributed by atoms with van der Waals surface area (Å²) in [6.07, 6.45) is 5.09. The summed E-state index contributed by atoms with van der Waals surface area (Å²) in [5.74, 6) is 0. The second kappa shape index (κ2) is 5.08. The van der Waals surface area contributed by atoms with Crippen molar-refractivity contribution in [2.75, 3.05) is 5.32 Å². The molecule has 84 valence electrons. The minimum atomic E-state index is 0.597. The first-order valence-electron chi connectivity index (χ1n) is 5.29. The number of hydrogen-bond donors (Lipinski definition) is 1. The maximum Gasteiger partial charge on any atom is 0.101 e. The Bertz CT molecular complexity index is 540. The van der Waals surface area contributed by atoms with E-state index >= 15 is 0 Å². The van der Waals surface area contributed by atoms with Crippen molar-refractivity contribution in [3.8, 4) is 6.07 Å². The number of nitriles is 1. The number of aryl methyl sites for hydroxylation is 1. The first-order valence-corrected chi connectivity index (χ1v) is 5.29. The molecule has 2 heterocycles. The Morgan fingerprint density at radius 2 is 2.18 bits per heavy atom. The van der Waals surface area contributed by atoms with E-state index in [2.05, 4.69) is 21.4 Å². The Hall–Kier alpha value is -2.41. The molecule has 0 bridgehead atoms. The quantitative estimate of drug-likeness (QED) is 0.868. The SMILES string of the molecule is Cc1ccc(CNc2cnccc2C#N)cn1. The highest BCUT2D eigenvalue weighted by Crippen LogP contribution is 2.13. The number of aromatic nitrogens is 2. The summed E-state index contributed by atoms with van der Waals surface area (Å²) in [6, 6.07) is 7.79. The number of anilines is 1. The van der Waals surface area contributed by atoms with Gasteiger partial charge >= 0.3 is 0 Å². The molecular formula is C13H12N4. The van der Waals surface area contributed by atoms with Crippen molar-refractivity contribution in [2.45, 2.75) is 13.5 Å². The van der Waals surface area contributed by atoms with Crippen LogP contribution in [0.4, 0.5) is 5.69 Å². The Balaban J connectivity index is 2.08. The minimum absolute atomic E-state index is 0.597. The highest BCUT2D eigenvalue weighted by atomic mass is 14.9. The zero-order chi connectivity index (χ0) is 12.1. The third-order valence-corrected chi connectivity index (χ3v) is 2.40. The first-order chi connectivity index (χ1) is 8.29. The molecule has 0 unspecified atom stereocenters. The van der Waals surface area contributed by atoms with Crippen LogP contribution in [0.15, 0.2) is 36.8 Å². The van der Waals surface area contributed by atoms with Crippen LogP contribution >= 0.6 is 0 Å². The summed E-state index contributed by atoms with van der Waals surface area (Å²) in [7, 11) is 0. The second-order valence-electron chi connectivity index (χ2n) is 3.69. The number of nitrogens with zero attached hydrogens (tertiary/aromatic N) is 3. The second-order valence-corrected chi connectivity index (χ2v) is 3.69. The van der Waals surface area contributed by atoms with Crippen molar-refractivity contribution in [1.82, 2.24) is 9.97 Å². The Morgan fingerprint density at radius 1 is 1.29 bits per heavy atom. The van der Waals surface area contributed by atoms with Crippen LogP contribution in [0.3, 0.4) is 0 Å². The molecule has 0 atom stereocenters. The van der Waals surface area contributed by atoms with E-state index in [0.717, 1.165) is 16.9 Å². The molecule has 0 aliphatic heterocycles. The molecule has 0 saturated carbocycles. The highest BCUT2D eigenvalue weighted by Gasteiger charge is 2.00. The van der Waals surface area contributed by atoms with E-state index in [4.69, 9.17) is 5.26 Å². The molecule has 0 aliphatic carbocycles. The zero-order valence-corrected chi connectivity index (χ0v) is 9.51. The van der Waals surface area contributed by atoms with Gasteiger partial charge in [0.2, 0.25) is 0 Å². The lowest BCUT2D eigenvalue weighted by Crippen LogP contribution is -2.02. The van der Waals surface area contributed by atoms with Gasteiger partial charge in [-0.25, -0.2) is 0 Å². The number of rotatable bonds is 3. The Kier molecular flexibility index (Phi) is 3.31. The first kappa shape index (κ1) is 11.1. The zero-order valence-electron chi connectivity index (χ0n) is 9.51. The molecule has 0 spiro atoms. The fourth-order valence-electron chi connectivity index (χ4n) is 1.43. The molecule has 0 fully saturated rings. The van der Waals surface area contributed by atoms with Gasteiger partial charge in [0.15, 0.2) is 0 Å². The van der Waals surface area contributed by atoms with Crippen LogP contribution in [-0.2, 0) is 6.54 Å². The molecule has 2 aromatic rings. The van der Waals surface area contributed by atoms with E-state index < -0.39 is 0 Å². The molecule has 1 N–H and O–H groups in total. The van der Waals surface area contributed by atoms with Gasteiger partial charge in [0.05, 0.1) is 17.4 Å². The van der Waals surface area contributed by atoms with Crippen LogP contribution in [0, 0.1) is 18.3 Å². The van der Waals surface area contributed by atoms with E-state index in [0.29, 0.717) is 12.1 Å². The average Bonchev–Trinajstić information content (AvgIpc) is 2.38. The number of hydrogen-bond acceptors (Lipinski definition) is 4. The Labute approximate surface area is 100.0 Å². The third-order valence-electron chi connectivity index (χ3n) is 2.40. The van der Waals surface area contributed by atoms with Crippen LogP contribution < -0.4 is 5.32 Å². The van der Waals surface area contributed by atoms with Crippen molar-refractivity contribution in [2.24, 2.45) is 0 Å². The summed E-state index contributed by atoms with van der Waals surface area (Å²) in [4.78, 5) is 8.20. The van der Waals surface area contributed by atoms with Crippen molar-refractivity contribution >= 4 is 5.69 Å². The average molecular weight is 224 g/mol. The van der Waals surface area contributed by atoms with Crippen LogP contribution in [0.2, 0.25) is 0 Å². The molecule has 4 nitrogen and oxygen atoms in total. The summed E-state index contributed by atoms with van der Waals surface area (Å²) >= 11 is 0. The van der Waals surface area contributed by atoms with Crippen molar-refractivity contribution in [3.63, 3.8) is 0 Å². The lowest BCUT2D eigenvalue weighted by atomic mass is 10.2. The van der Waals surface area contributed by atoms with Crippen molar-refractivity contribution in [3.05, 3.63) is 53.6 Å². The topological polar surface area (TPSA) is 61.6 Å². The van der Waals surface area contributed by atoms with E-state index in [1.165, 1.54) is 0 Å². The maximum absolute atomic E-state index is 8.92. The Morgan fingerprint density at radius 3 is 2.88 bits per heavy atom. The van der Waals surface area contributed by atoms with Crippen LogP contribution in [0.1, 0.15) is 16.8 Å². The van der Waals surface area contributed by atoms with Gasteiger partial charge in [0.25, 0.3) is 0 Å². The van der Waals surface area contributed by atoms with Gasteiger partial charge in [-0.3, -0.25) is 9.97 Å². The molecule has 0 saturated heterocycles. The standard InChI is InChI=1S/C13H12N4/c1-10-2-3-11(7-16-10)8-17-13-9-15-5-4-12(13)6-14/h2-5,7,9,17H,8H2,1H3. The van der Waals surface area contributed by atoms with Gasteiger partial charge in [0, 0.05) is 24.6 Å². The molecule has 2 rings (SSSR count). The summed E-state index contributed by atoms with van der Waals surface area (Å²) in [5.41, 5.74) is 3.41. The van der Waals surface area contributed by atoms with Crippen LogP contribution in [-0.4, -0.2) is 9.97 Å². The van der Waals surface area contributed by atoms with Gasteiger partial charge in [0.1, 0.15) is 6.07 Å². The van der Waals surface area contributed by atoms with Gasteiger partial charge in [-0.05, 0) is 24.6 Å². The smallest absolute Gasteiger partial charge is 0.101 e. The predicted molar refractivity (Wildman–Crippen MR) is 65.3 cm³/mol. The maximum atomic E-state index is 8.92. The van der Waals surface area contributed by atoms with E-state index in [9.17, 15) is 0 Å². The lowest BCUT2D eigenvalue weighted by molar-refractivity contribution is 1.08. The summed E-state index contributed by atoms with van der Waals surface area (Å²) in [5, 5.41) is 12.1. The van der Waals surface area contributed by atoms with Gasteiger partial charge in [-0.2, -0.15) is 5.26 Å². The normalized spacial score (nSPS) is 9.65. The van der Waals surface area contributed by atoms with Crippen molar-refractivity contribution < 1.29 is 0 Å². The van der Waals surface area contributed by atoms with Crippen molar-refractivity contribution in [1.29, 1.82) is 5.26 Å². The van der Waals surface area contributed by atoms with E-state index in [1.807, 2.05) is 25.3 Å². The lowest BCUT2D eigenvalue weighted by Gasteiger charge is -2.07. The van der Waals surface area contributed by atoms with Crippen LogP contribution in [0.5, 0.6) is 0 Å². The molecular weight excluding hydrogens is 212 g/mol. The van der Waals surface area contributed by atoms with E-state index in [-0.39, 0.29) is 0 Å². The fourth-order valence-corrected chi connectivity index (χ4v) is 1.43. The fraction of sp³-hybridized carbons (Fsp3) is 0.154. The number of nitrogens with one attached hydrogen (secondary N) is 1. The molecule has 17 heavy (non-hydrogen) atoms. The largest absolute Gasteiger partial charge is 0.379 e. The predicted octanol–water partition coefficient (Wildman–Crippen LogP) is 2.27. The number of pyridine rings is 2. The molecule has 0 radical (unpaired) electrons. The summed E-state index contributed by atoms with van der Waals surface area (Å²) < 4.78 is 0. The molecule has 0 aliphatic rings. The highest BCUT2D eigenvalue weighted by molar-refractivity contribution is 5.55.